The summed E-state index contributed by atoms with van der Waals surface area (Å²) >= 11 is 0. The van der Waals surface area contributed by atoms with Crippen molar-refractivity contribution in [2.75, 3.05) is 0 Å². The van der Waals surface area contributed by atoms with Crippen molar-refractivity contribution in [1.29, 1.82) is 0 Å². The van der Waals surface area contributed by atoms with Crippen molar-refractivity contribution in [3.8, 4) is 0 Å². The largest absolute Gasteiger partial charge is 1.00 e. The van der Waals surface area contributed by atoms with Crippen LogP contribution in [0.15, 0.2) is 30.3 Å². The molecule has 0 aliphatic heterocycles. The molecule has 0 bridgehead atoms. The van der Waals surface area contributed by atoms with Gasteiger partial charge in [-0.25, -0.2) is 0 Å². The number of rotatable bonds is 2. The van der Waals surface area contributed by atoms with Crippen LogP contribution >= 0.6 is 0 Å². The first-order valence-corrected chi connectivity index (χ1v) is 3.26. The summed E-state index contributed by atoms with van der Waals surface area (Å²) in [5.41, 5.74) is 1.38. The van der Waals surface area contributed by atoms with Gasteiger partial charge in [-0.15, -0.1) is 0 Å². The monoisotopic (exact) mass is 182 g/mol. The van der Waals surface area contributed by atoms with Crippen molar-refractivity contribution >= 4 is 0 Å². The Labute approximate surface area is 73.1 Å². The minimum atomic E-state index is 0. The second kappa shape index (κ2) is 5.52. The Morgan fingerprint density at radius 1 is 1.10 bits per heavy atom. The van der Waals surface area contributed by atoms with Gasteiger partial charge in [0.1, 0.15) is 0 Å². The van der Waals surface area contributed by atoms with Crippen molar-refractivity contribution < 1.29 is 17.1 Å². The fourth-order valence-corrected chi connectivity index (χ4v) is 0.849. The first kappa shape index (κ1) is 9.74. The maximum absolute atomic E-state index is 3.78. The minimum Gasteiger partial charge on any atom is -0.343 e. The third-order valence-electron chi connectivity index (χ3n) is 1.31. The van der Waals surface area contributed by atoms with Crippen LogP contribution in [0.2, 0.25) is 0 Å². The number of aryl methyl sites for hydroxylation is 1. The smallest absolute Gasteiger partial charge is 0.343 e. The first-order valence-electron chi connectivity index (χ1n) is 3.26. The number of benzene rings is 1. The Balaban J connectivity index is 0.000000810. The van der Waals surface area contributed by atoms with Gasteiger partial charge in [0.15, 0.2) is 0 Å². The Hall–Kier alpha value is -0.261. The van der Waals surface area contributed by atoms with Gasteiger partial charge in [0.05, 0.1) is 0 Å². The maximum atomic E-state index is 3.78. The zero-order valence-electron chi connectivity index (χ0n) is 5.81. The molecular weight excluding hydrogens is 172 g/mol. The van der Waals surface area contributed by atoms with Crippen LogP contribution in [-0.4, -0.2) is 0 Å². The van der Waals surface area contributed by atoms with E-state index in [0.717, 1.165) is 12.8 Å². The molecule has 10 heavy (non-hydrogen) atoms. The van der Waals surface area contributed by atoms with E-state index in [-0.39, 0.29) is 17.1 Å². The summed E-state index contributed by atoms with van der Waals surface area (Å²) in [6.07, 6.45) is 2.09. The fourth-order valence-electron chi connectivity index (χ4n) is 0.849. The van der Waals surface area contributed by atoms with E-state index in [2.05, 4.69) is 31.2 Å². The van der Waals surface area contributed by atoms with Gasteiger partial charge in [0.25, 0.3) is 0 Å². The standard InChI is InChI=1S/C9H11.Cu/c1-2-6-9-7-4-3-5-8-9;/h3-5,7-8H,1-2,6H2;/q-1;+1. The summed E-state index contributed by atoms with van der Waals surface area (Å²) < 4.78 is 0. The molecule has 1 aromatic rings. The van der Waals surface area contributed by atoms with Crippen molar-refractivity contribution in [2.24, 2.45) is 0 Å². The van der Waals surface area contributed by atoms with Gasteiger partial charge in [-0.2, -0.15) is 6.42 Å². The topological polar surface area (TPSA) is 0 Å². The molecule has 0 amide bonds. The van der Waals surface area contributed by atoms with E-state index in [4.69, 9.17) is 0 Å². The van der Waals surface area contributed by atoms with Crippen LogP contribution in [0.1, 0.15) is 12.0 Å². The summed E-state index contributed by atoms with van der Waals surface area (Å²) in [6.45, 7) is 3.78. The summed E-state index contributed by atoms with van der Waals surface area (Å²) in [5, 5.41) is 0. The van der Waals surface area contributed by atoms with Gasteiger partial charge >= 0.3 is 17.1 Å². The van der Waals surface area contributed by atoms with Crippen LogP contribution in [0.3, 0.4) is 0 Å². The maximum Gasteiger partial charge on any atom is 1.00 e. The van der Waals surface area contributed by atoms with Gasteiger partial charge < -0.3 is 6.92 Å². The molecule has 1 rings (SSSR count). The Kier molecular flexibility index (Phi) is 5.37. The molecule has 0 N–H and O–H groups in total. The Bertz CT molecular complexity index is 158. The van der Waals surface area contributed by atoms with Crippen LogP contribution in [0.4, 0.5) is 0 Å². The van der Waals surface area contributed by atoms with Gasteiger partial charge in [0, 0.05) is 0 Å². The molecule has 0 nitrogen and oxygen atoms in total. The van der Waals surface area contributed by atoms with Crippen LogP contribution in [0.5, 0.6) is 0 Å². The summed E-state index contributed by atoms with van der Waals surface area (Å²) in [4.78, 5) is 0. The van der Waals surface area contributed by atoms with Crippen molar-refractivity contribution in [1.82, 2.24) is 0 Å². The van der Waals surface area contributed by atoms with Crippen LogP contribution < -0.4 is 0 Å². The second-order valence-electron chi connectivity index (χ2n) is 2.09. The SMILES string of the molecule is [CH2-]CCc1ccccc1.[Cu+]. The minimum absolute atomic E-state index is 0. The second-order valence-corrected chi connectivity index (χ2v) is 2.09. The average Bonchev–Trinajstić information content (AvgIpc) is 1.91. The zero-order valence-corrected chi connectivity index (χ0v) is 6.75. The van der Waals surface area contributed by atoms with Gasteiger partial charge in [-0.1, -0.05) is 42.3 Å². The van der Waals surface area contributed by atoms with E-state index >= 15 is 0 Å². The van der Waals surface area contributed by atoms with Crippen molar-refractivity contribution in [2.45, 2.75) is 12.8 Å². The van der Waals surface area contributed by atoms with E-state index in [1.807, 2.05) is 6.07 Å². The third kappa shape index (κ3) is 3.05. The fraction of sp³-hybridized carbons (Fsp3) is 0.222. The normalized spacial score (nSPS) is 8.50. The molecule has 0 aromatic heterocycles. The van der Waals surface area contributed by atoms with E-state index in [9.17, 15) is 0 Å². The van der Waals surface area contributed by atoms with Crippen molar-refractivity contribution in [3.05, 3.63) is 42.8 Å². The predicted molar refractivity (Wildman–Crippen MR) is 40.1 cm³/mol. The summed E-state index contributed by atoms with van der Waals surface area (Å²) in [6, 6.07) is 10.4. The molecule has 0 heterocycles. The molecule has 0 saturated carbocycles. The Morgan fingerprint density at radius 3 is 2.20 bits per heavy atom. The molecule has 58 valence electrons. The van der Waals surface area contributed by atoms with Gasteiger partial charge in [0.2, 0.25) is 0 Å². The van der Waals surface area contributed by atoms with E-state index in [1.165, 1.54) is 5.56 Å². The summed E-state index contributed by atoms with van der Waals surface area (Å²) in [7, 11) is 0. The van der Waals surface area contributed by atoms with Crippen LogP contribution in [0.25, 0.3) is 0 Å². The molecular formula is C9H11Cu. The molecule has 0 aliphatic rings. The third-order valence-corrected chi connectivity index (χ3v) is 1.31. The van der Waals surface area contributed by atoms with Crippen LogP contribution in [-0.2, 0) is 23.5 Å². The first-order chi connectivity index (χ1) is 4.43. The van der Waals surface area contributed by atoms with Crippen molar-refractivity contribution in [3.63, 3.8) is 0 Å². The van der Waals surface area contributed by atoms with E-state index in [1.54, 1.807) is 0 Å². The molecule has 0 atom stereocenters. The van der Waals surface area contributed by atoms with Gasteiger partial charge in [-0.05, 0) is 0 Å². The molecule has 0 unspecified atom stereocenters. The summed E-state index contributed by atoms with van der Waals surface area (Å²) in [5.74, 6) is 0. The molecule has 0 saturated heterocycles. The number of hydrogen-bond acceptors (Lipinski definition) is 0. The van der Waals surface area contributed by atoms with Gasteiger partial charge in [-0.3, -0.25) is 0 Å². The quantitative estimate of drug-likeness (QED) is 0.487. The molecule has 1 aromatic carbocycles. The number of hydrogen-bond donors (Lipinski definition) is 0. The van der Waals surface area contributed by atoms with E-state index < -0.39 is 0 Å². The molecule has 0 radical (unpaired) electrons. The molecule has 0 aliphatic carbocycles. The zero-order chi connectivity index (χ0) is 6.53. The molecule has 1 heteroatoms. The Morgan fingerprint density at radius 2 is 1.70 bits per heavy atom. The van der Waals surface area contributed by atoms with Crippen LogP contribution in [0, 0.1) is 6.92 Å². The van der Waals surface area contributed by atoms with E-state index in [0.29, 0.717) is 0 Å². The predicted octanol–water partition coefficient (Wildman–Crippen LogP) is 2.45. The molecule has 0 spiro atoms. The average molecular weight is 183 g/mol. The molecule has 0 fully saturated rings.